The summed E-state index contributed by atoms with van der Waals surface area (Å²) in [6, 6.07) is 9.01. The van der Waals surface area contributed by atoms with E-state index in [2.05, 4.69) is 21.2 Å². The average molecular weight is 294 g/mol. The van der Waals surface area contributed by atoms with E-state index in [4.69, 9.17) is 5.73 Å². The number of hydrogen-bond donors (Lipinski definition) is 2. The van der Waals surface area contributed by atoms with Crippen LogP contribution in [-0.4, -0.2) is 4.57 Å². The zero-order valence-electron chi connectivity index (χ0n) is 9.27. The van der Waals surface area contributed by atoms with Gasteiger partial charge in [-0.25, -0.2) is 0 Å². The molecule has 0 fully saturated rings. The van der Waals surface area contributed by atoms with Crippen LogP contribution in [0.4, 0.5) is 17.1 Å². The summed E-state index contributed by atoms with van der Waals surface area (Å²) < 4.78 is 2.35. The maximum atomic E-state index is 11.9. The van der Waals surface area contributed by atoms with E-state index in [0.29, 0.717) is 11.4 Å². The second-order valence-corrected chi connectivity index (χ2v) is 4.65. The van der Waals surface area contributed by atoms with Gasteiger partial charge in [0.15, 0.2) is 0 Å². The molecule has 1 aromatic heterocycles. The van der Waals surface area contributed by atoms with Crippen molar-refractivity contribution in [3.8, 4) is 0 Å². The summed E-state index contributed by atoms with van der Waals surface area (Å²) >= 11 is 3.35. The van der Waals surface area contributed by atoms with Crippen LogP contribution >= 0.6 is 15.9 Å². The quantitative estimate of drug-likeness (QED) is 0.836. The first-order valence-corrected chi connectivity index (χ1v) is 5.84. The van der Waals surface area contributed by atoms with Crippen molar-refractivity contribution in [2.75, 3.05) is 11.1 Å². The minimum atomic E-state index is -0.0874. The fourth-order valence-corrected chi connectivity index (χ4v) is 2.07. The summed E-state index contributed by atoms with van der Waals surface area (Å²) in [6.07, 6.45) is 1.72. The molecule has 0 spiro atoms. The van der Waals surface area contributed by atoms with Crippen LogP contribution in [0.2, 0.25) is 0 Å². The largest absolute Gasteiger partial charge is 0.399 e. The summed E-state index contributed by atoms with van der Waals surface area (Å²) in [7, 11) is 1.71. The van der Waals surface area contributed by atoms with Gasteiger partial charge in [-0.1, -0.05) is 6.07 Å². The predicted molar refractivity (Wildman–Crippen MR) is 73.5 cm³/mol. The molecule has 0 atom stereocenters. The topological polar surface area (TPSA) is 60.1 Å². The SMILES string of the molecule is Cn1cc(Br)cc(Nc2cccc(N)c2)c1=O. The zero-order chi connectivity index (χ0) is 12.4. The number of nitrogens with zero attached hydrogens (tertiary/aromatic N) is 1. The highest BCUT2D eigenvalue weighted by Crippen LogP contribution is 2.18. The number of nitrogens with one attached hydrogen (secondary N) is 1. The number of anilines is 3. The summed E-state index contributed by atoms with van der Waals surface area (Å²) in [6.45, 7) is 0. The lowest BCUT2D eigenvalue weighted by Gasteiger charge is -2.08. The third-order valence-electron chi connectivity index (χ3n) is 2.32. The highest BCUT2D eigenvalue weighted by Gasteiger charge is 2.03. The Hall–Kier alpha value is -1.75. The Kier molecular flexibility index (Phi) is 3.19. The zero-order valence-corrected chi connectivity index (χ0v) is 10.9. The third-order valence-corrected chi connectivity index (χ3v) is 2.75. The van der Waals surface area contributed by atoms with E-state index in [1.807, 2.05) is 12.1 Å². The fraction of sp³-hybridized carbons (Fsp3) is 0.0833. The molecule has 2 rings (SSSR count). The number of hydrogen-bond acceptors (Lipinski definition) is 3. The average Bonchev–Trinajstić information content (AvgIpc) is 2.25. The van der Waals surface area contributed by atoms with Gasteiger partial charge in [0, 0.05) is 29.1 Å². The molecule has 3 N–H and O–H groups in total. The van der Waals surface area contributed by atoms with Crippen LogP contribution in [0.25, 0.3) is 0 Å². The maximum absolute atomic E-state index is 11.9. The van der Waals surface area contributed by atoms with E-state index < -0.39 is 0 Å². The first kappa shape index (κ1) is 11.7. The number of aryl methyl sites for hydroxylation is 1. The molecule has 4 nitrogen and oxygen atoms in total. The molecule has 0 aliphatic carbocycles. The Labute approximate surface area is 107 Å². The van der Waals surface area contributed by atoms with Crippen molar-refractivity contribution in [2.24, 2.45) is 7.05 Å². The first-order valence-electron chi connectivity index (χ1n) is 5.05. The first-order chi connectivity index (χ1) is 8.06. The van der Waals surface area contributed by atoms with E-state index in [1.165, 1.54) is 4.57 Å². The molecule has 0 saturated heterocycles. The molecular formula is C12H12BrN3O. The van der Waals surface area contributed by atoms with E-state index in [9.17, 15) is 4.79 Å². The van der Waals surface area contributed by atoms with Gasteiger partial charge in [0.2, 0.25) is 0 Å². The van der Waals surface area contributed by atoms with Gasteiger partial charge in [0.25, 0.3) is 5.56 Å². The van der Waals surface area contributed by atoms with Crippen molar-refractivity contribution in [3.05, 3.63) is 51.4 Å². The van der Waals surface area contributed by atoms with Crippen molar-refractivity contribution < 1.29 is 0 Å². The maximum Gasteiger partial charge on any atom is 0.274 e. The van der Waals surface area contributed by atoms with Gasteiger partial charge >= 0.3 is 0 Å². The molecule has 0 amide bonds. The van der Waals surface area contributed by atoms with Gasteiger partial charge in [-0.05, 0) is 40.2 Å². The summed E-state index contributed by atoms with van der Waals surface area (Å²) in [4.78, 5) is 11.9. The Morgan fingerprint density at radius 3 is 2.82 bits per heavy atom. The van der Waals surface area contributed by atoms with Crippen molar-refractivity contribution in [2.45, 2.75) is 0 Å². The Morgan fingerprint density at radius 2 is 2.12 bits per heavy atom. The van der Waals surface area contributed by atoms with Crippen LogP contribution in [0.5, 0.6) is 0 Å². The lowest BCUT2D eigenvalue weighted by Crippen LogP contribution is -2.19. The number of nitrogens with two attached hydrogens (primary N) is 1. The molecule has 1 aromatic carbocycles. The number of benzene rings is 1. The minimum Gasteiger partial charge on any atom is -0.399 e. The summed E-state index contributed by atoms with van der Waals surface area (Å²) in [5.41, 5.74) is 7.54. The van der Waals surface area contributed by atoms with E-state index in [0.717, 1.165) is 10.2 Å². The minimum absolute atomic E-state index is 0.0874. The third kappa shape index (κ3) is 2.68. The summed E-state index contributed by atoms with van der Waals surface area (Å²) in [5.74, 6) is 0. The van der Waals surface area contributed by atoms with Crippen LogP contribution in [0.3, 0.4) is 0 Å². The molecule has 2 aromatic rings. The molecule has 88 valence electrons. The summed E-state index contributed by atoms with van der Waals surface area (Å²) in [5, 5.41) is 3.05. The standard InChI is InChI=1S/C12H12BrN3O/c1-16-7-8(13)5-11(12(16)17)15-10-4-2-3-9(14)6-10/h2-7,15H,14H2,1H3. The molecular weight excluding hydrogens is 282 g/mol. The number of aromatic nitrogens is 1. The van der Waals surface area contributed by atoms with Crippen LogP contribution in [0, 0.1) is 0 Å². The molecule has 0 bridgehead atoms. The van der Waals surface area contributed by atoms with E-state index in [1.54, 1.807) is 31.4 Å². The number of nitrogen functional groups attached to an aromatic ring is 1. The lowest BCUT2D eigenvalue weighted by molar-refractivity contribution is 0.858. The van der Waals surface area contributed by atoms with Gasteiger partial charge in [-0.2, -0.15) is 0 Å². The van der Waals surface area contributed by atoms with Crippen LogP contribution < -0.4 is 16.6 Å². The molecule has 0 saturated carbocycles. The molecule has 0 aliphatic rings. The fourth-order valence-electron chi connectivity index (χ4n) is 1.53. The second kappa shape index (κ2) is 4.63. The van der Waals surface area contributed by atoms with Gasteiger partial charge < -0.3 is 15.6 Å². The molecule has 5 heteroatoms. The highest BCUT2D eigenvalue weighted by molar-refractivity contribution is 9.10. The van der Waals surface area contributed by atoms with Crippen LogP contribution in [0.15, 0.2) is 45.8 Å². The predicted octanol–water partition coefficient (Wildman–Crippen LogP) is 2.47. The van der Waals surface area contributed by atoms with Gasteiger partial charge in [0.1, 0.15) is 5.69 Å². The lowest BCUT2D eigenvalue weighted by atomic mass is 10.2. The van der Waals surface area contributed by atoms with Crippen molar-refractivity contribution >= 4 is 33.0 Å². The smallest absolute Gasteiger partial charge is 0.274 e. The monoisotopic (exact) mass is 293 g/mol. The van der Waals surface area contributed by atoms with Crippen molar-refractivity contribution in [1.29, 1.82) is 0 Å². The van der Waals surface area contributed by atoms with Crippen LogP contribution in [-0.2, 0) is 7.05 Å². The normalized spacial score (nSPS) is 10.2. The molecule has 0 unspecified atom stereocenters. The molecule has 1 heterocycles. The molecule has 0 aliphatic heterocycles. The van der Waals surface area contributed by atoms with Crippen molar-refractivity contribution in [3.63, 3.8) is 0 Å². The Balaban J connectivity index is 2.40. The van der Waals surface area contributed by atoms with E-state index >= 15 is 0 Å². The Bertz CT molecular complexity index is 607. The molecule has 0 radical (unpaired) electrons. The molecule has 17 heavy (non-hydrogen) atoms. The Morgan fingerprint density at radius 1 is 1.35 bits per heavy atom. The van der Waals surface area contributed by atoms with Gasteiger partial charge in [-0.3, -0.25) is 4.79 Å². The number of rotatable bonds is 2. The van der Waals surface area contributed by atoms with E-state index in [-0.39, 0.29) is 5.56 Å². The van der Waals surface area contributed by atoms with Crippen LogP contribution in [0.1, 0.15) is 0 Å². The highest BCUT2D eigenvalue weighted by atomic mass is 79.9. The number of halogens is 1. The van der Waals surface area contributed by atoms with Crippen molar-refractivity contribution in [1.82, 2.24) is 4.57 Å². The van der Waals surface area contributed by atoms with Gasteiger partial charge in [-0.15, -0.1) is 0 Å². The van der Waals surface area contributed by atoms with Gasteiger partial charge in [0.05, 0.1) is 0 Å². The number of pyridine rings is 1. The second-order valence-electron chi connectivity index (χ2n) is 3.74.